The average molecular weight is 375 g/mol. The van der Waals surface area contributed by atoms with Crippen molar-refractivity contribution in [2.45, 2.75) is 38.8 Å². The van der Waals surface area contributed by atoms with Gasteiger partial charge in [0, 0.05) is 16.9 Å². The van der Waals surface area contributed by atoms with Crippen LogP contribution in [0.4, 0.5) is 5.69 Å². The lowest BCUT2D eigenvalue weighted by molar-refractivity contribution is -0.134. The Balaban J connectivity index is 2.34. The van der Waals surface area contributed by atoms with Gasteiger partial charge in [-0.25, -0.2) is 0 Å². The van der Waals surface area contributed by atoms with Crippen molar-refractivity contribution in [1.82, 2.24) is 10.2 Å². The van der Waals surface area contributed by atoms with Gasteiger partial charge in [0.05, 0.1) is 11.6 Å². The first-order valence-corrected chi connectivity index (χ1v) is 8.91. The molecule has 4 N–H and O–H groups in total. The van der Waals surface area contributed by atoms with Crippen LogP contribution in [0.1, 0.15) is 38.9 Å². The summed E-state index contributed by atoms with van der Waals surface area (Å²) < 4.78 is 1.08. The number of carbonyl (C=O) groups is 1. The van der Waals surface area contributed by atoms with Crippen molar-refractivity contribution in [1.29, 1.82) is 0 Å². The first-order chi connectivity index (χ1) is 12.8. The van der Waals surface area contributed by atoms with Crippen LogP contribution in [-0.4, -0.2) is 33.6 Å². The summed E-state index contributed by atoms with van der Waals surface area (Å²) in [5.41, 5.74) is 0.879. The highest BCUT2D eigenvalue weighted by Crippen LogP contribution is 2.42. The Labute approximate surface area is 156 Å². The second-order valence-corrected chi connectivity index (χ2v) is 7.46. The number of fused-ring (bicyclic) bond motifs is 3. The molecule has 1 unspecified atom stereocenters. The summed E-state index contributed by atoms with van der Waals surface area (Å²) in [7, 11) is 1.36. The molecular formula is C19H25N3O5. The van der Waals surface area contributed by atoms with Crippen molar-refractivity contribution in [3.05, 3.63) is 40.2 Å². The van der Waals surface area contributed by atoms with Gasteiger partial charge in [-0.05, 0) is 18.4 Å². The molecule has 0 spiro atoms. The molecule has 8 nitrogen and oxygen atoms in total. The summed E-state index contributed by atoms with van der Waals surface area (Å²) in [6.07, 6.45) is -0.890. The maximum Gasteiger partial charge on any atom is 0.307 e. The summed E-state index contributed by atoms with van der Waals surface area (Å²) in [4.78, 5) is 31.2. The van der Waals surface area contributed by atoms with Crippen molar-refractivity contribution in [3.63, 3.8) is 0 Å². The minimum atomic E-state index is -1.45. The van der Waals surface area contributed by atoms with Gasteiger partial charge in [-0.2, -0.15) is 5.48 Å². The van der Waals surface area contributed by atoms with Crippen LogP contribution in [-0.2, 0) is 4.79 Å². The second kappa shape index (κ2) is 6.95. The van der Waals surface area contributed by atoms with Crippen LogP contribution in [0.25, 0.3) is 10.9 Å². The van der Waals surface area contributed by atoms with Gasteiger partial charge in [0.1, 0.15) is 18.3 Å². The maximum absolute atomic E-state index is 13.1. The zero-order valence-electron chi connectivity index (χ0n) is 15.8. The van der Waals surface area contributed by atoms with Crippen molar-refractivity contribution >= 4 is 22.5 Å². The number of amides is 1. The highest BCUT2D eigenvalue weighted by Gasteiger charge is 2.50. The first kappa shape index (κ1) is 19.3. The lowest BCUT2D eigenvalue weighted by Crippen LogP contribution is -2.59. The Morgan fingerprint density at radius 1 is 1.33 bits per heavy atom. The first-order valence-electron chi connectivity index (χ1n) is 8.91. The molecule has 0 fully saturated rings. The molecule has 146 valence electrons. The quantitative estimate of drug-likeness (QED) is 0.602. The Kier molecular flexibility index (Phi) is 4.98. The van der Waals surface area contributed by atoms with Gasteiger partial charge in [-0.3, -0.25) is 9.59 Å². The highest BCUT2D eigenvalue weighted by atomic mass is 16.6. The van der Waals surface area contributed by atoms with E-state index >= 15 is 0 Å². The Morgan fingerprint density at radius 3 is 2.59 bits per heavy atom. The van der Waals surface area contributed by atoms with E-state index in [4.69, 9.17) is 4.84 Å². The number of nitrogens with zero attached hydrogens (tertiary/aromatic N) is 1. The number of aliphatic hydroxyl groups is 1. The molecule has 1 aliphatic rings. The summed E-state index contributed by atoms with van der Waals surface area (Å²) in [6.45, 7) is 5.51. The number of aromatic nitrogens is 1. The maximum atomic E-state index is 13.1. The largest absolute Gasteiger partial charge is 0.413 e. The predicted octanol–water partition coefficient (Wildman–Crippen LogP) is 1.45. The zero-order chi connectivity index (χ0) is 19.9. The Bertz CT molecular complexity index is 939. The molecular weight excluding hydrogens is 350 g/mol. The Hall–Kier alpha value is -2.42. The van der Waals surface area contributed by atoms with Gasteiger partial charge in [0.2, 0.25) is 5.91 Å². The van der Waals surface area contributed by atoms with E-state index in [9.17, 15) is 19.9 Å². The number of hydrogen-bond donors (Lipinski definition) is 4. The van der Waals surface area contributed by atoms with Gasteiger partial charge in [0.25, 0.3) is 0 Å². The molecule has 2 aromatic rings. The predicted molar refractivity (Wildman–Crippen MR) is 101 cm³/mol. The monoisotopic (exact) mass is 375 g/mol. The molecule has 3 atom stereocenters. The third-order valence-corrected chi connectivity index (χ3v) is 5.38. The molecule has 8 heteroatoms. The summed E-state index contributed by atoms with van der Waals surface area (Å²) in [5, 5.41) is 24.3. The van der Waals surface area contributed by atoms with E-state index in [-0.39, 0.29) is 18.0 Å². The molecule has 1 aromatic carbocycles. The average Bonchev–Trinajstić information content (AvgIpc) is 2.72. The van der Waals surface area contributed by atoms with Gasteiger partial charge >= 0.3 is 5.56 Å². The van der Waals surface area contributed by atoms with Crippen LogP contribution in [0.3, 0.4) is 0 Å². The molecule has 0 aliphatic carbocycles. The Morgan fingerprint density at radius 2 is 2.00 bits per heavy atom. The molecule has 0 radical (unpaired) electrons. The molecule has 1 amide bonds. The molecule has 1 aliphatic heterocycles. The number of pyridine rings is 1. The van der Waals surface area contributed by atoms with Gasteiger partial charge in [0.15, 0.2) is 0 Å². The van der Waals surface area contributed by atoms with Crippen LogP contribution in [0.15, 0.2) is 29.1 Å². The number of nitrogens with one attached hydrogen (secondary N) is 2. The summed E-state index contributed by atoms with van der Waals surface area (Å²) in [6, 6.07) is 7.00. The topological polar surface area (TPSA) is 113 Å². The third-order valence-electron chi connectivity index (χ3n) is 5.38. The lowest BCUT2D eigenvalue weighted by atomic mass is 9.75. The van der Waals surface area contributed by atoms with Crippen molar-refractivity contribution in [2.75, 3.05) is 12.4 Å². The number of anilines is 1. The minimum absolute atomic E-state index is 0.0409. The fourth-order valence-electron chi connectivity index (χ4n) is 4.02. The van der Waals surface area contributed by atoms with E-state index < -0.39 is 29.0 Å². The number of carbonyl (C=O) groups excluding carboxylic acids is 1. The van der Waals surface area contributed by atoms with Crippen LogP contribution in [0.5, 0.6) is 0 Å². The molecule has 3 rings (SSSR count). The van der Waals surface area contributed by atoms with Gasteiger partial charge in [-0.15, -0.1) is 4.73 Å². The van der Waals surface area contributed by atoms with Crippen LogP contribution in [0.2, 0.25) is 0 Å². The molecule has 1 aromatic heterocycles. The lowest BCUT2D eigenvalue weighted by Gasteiger charge is -2.37. The van der Waals surface area contributed by atoms with Gasteiger partial charge < -0.3 is 20.5 Å². The highest BCUT2D eigenvalue weighted by molar-refractivity contribution is 6.02. The van der Waals surface area contributed by atoms with Crippen molar-refractivity contribution in [3.8, 4) is 0 Å². The number of para-hydroxylation sites is 1. The van der Waals surface area contributed by atoms with Gasteiger partial charge in [-0.1, -0.05) is 39.0 Å². The van der Waals surface area contributed by atoms with E-state index in [2.05, 4.69) is 10.8 Å². The number of hydrogen-bond acceptors (Lipinski definition) is 6. The SMILES string of the molecule is COn1c(=O)c2c(c3ccccc31)C(O)[C@@H](C)[C@@](CC(C)C)(NO)C(=O)N2. The van der Waals surface area contributed by atoms with E-state index in [1.807, 2.05) is 13.8 Å². The fourth-order valence-corrected chi connectivity index (χ4v) is 4.02. The van der Waals surface area contributed by atoms with Crippen LogP contribution >= 0.6 is 0 Å². The standard InChI is InChI=1S/C19H25N3O5/c1-10(2)9-19(21-26)11(3)16(23)14-12-7-5-6-8-13(12)22(27-4)17(24)15(14)20-18(19)25/h5-8,10-11,16,21,23,26H,9H2,1-4H3,(H,20,25)/t11-,16?,19-/m1/s1. The van der Waals surface area contributed by atoms with Crippen LogP contribution < -0.4 is 21.2 Å². The van der Waals surface area contributed by atoms with Crippen LogP contribution in [0, 0.1) is 11.8 Å². The second-order valence-electron chi connectivity index (χ2n) is 7.46. The van der Waals surface area contributed by atoms with Crippen molar-refractivity contribution < 1.29 is 19.9 Å². The molecule has 0 bridgehead atoms. The number of hydroxylamine groups is 1. The smallest absolute Gasteiger partial charge is 0.307 e. The number of aliphatic hydroxyl groups excluding tert-OH is 1. The van der Waals surface area contributed by atoms with E-state index in [1.165, 1.54) is 7.11 Å². The number of rotatable bonds is 4. The number of benzene rings is 1. The molecule has 2 heterocycles. The third kappa shape index (κ3) is 2.80. The summed E-state index contributed by atoms with van der Waals surface area (Å²) in [5.74, 6) is -1.22. The minimum Gasteiger partial charge on any atom is -0.413 e. The van der Waals surface area contributed by atoms with E-state index in [1.54, 1.807) is 31.2 Å². The molecule has 27 heavy (non-hydrogen) atoms. The van der Waals surface area contributed by atoms with E-state index in [0.717, 1.165) is 4.73 Å². The molecule has 0 saturated carbocycles. The molecule has 0 saturated heterocycles. The van der Waals surface area contributed by atoms with E-state index in [0.29, 0.717) is 16.5 Å². The zero-order valence-corrected chi connectivity index (χ0v) is 15.8. The van der Waals surface area contributed by atoms with Crippen molar-refractivity contribution in [2.24, 2.45) is 11.8 Å². The normalized spacial score (nSPS) is 25.2. The fraction of sp³-hybridized carbons (Fsp3) is 0.474. The summed E-state index contributed by atoms with van der Waals surface area (Å²) >= 11 is 0.